The van der Waals surface area contributed by atoms with E-state index in [0.29, 0.717) is 6.10 Å². The summed E-state index contributed by atoms with van der Waals surface area (Å²) in [4.78, 5) is 11.6. The standard InChI is InChI=1S/C27H52O4Si2/c1-22(28)30-24(23-20-26(29-21-23)33(7,8)9)18-16-14-12-10-11-13-15-17-19-25(27(2,3)4)31-32(5)6/h20-21,24-25,32H,10-19H2,1-9H3. The second kappa shape index (κ2) is 14.5. The zero-order valence-corrected chi connectivity index (χ0v) is 25.2. The van der Waals surface area contributed by atoms with Crippen LogP contribution in [0.1, 0.15) is 104 Å². The Kier molecular flexibility index (Phi) is 13.3. The molecule has 0 bridgehead atoms. The van der Waals surface area contributed by atoms with Crippen molar-refractivity contribution in [3.8, 4) is 0 Å². The molecule has 0 aliphatic carbocycles. The second-order valence-corrected chi connectivity index (χ2v) is 19.4. The van der Waals surface area contributed by atoms with Gasteiger partial charge in [0.1, 0.15) is 14.2 Å². The zero-order valence-electron chi connectivity index (χ0n) is 23.1. The summed E-state index contributed by atoms with van der Waals surface area (Å²) in [6, 6.07) is 2.11. The van der Waals surface area contributed by atoms with Crippen molar-refractivity contribution in [3.63, 3.8) is 0 Å². The predicted molar refractivity (Wildman–Crippen MR) is 146 cm³/mol. The minimum absolute atomic E-state index is 0.178. The molecule has 192 valence electrons. The van der Waals surface area contributed by atoms with Gasteiger partial charge in [-0.15, -0.1) is 0 Å². The second-order valence-electron chi connectivity index (χ2n) is 12.0. The first-order valence-corrected chi connectivity index (χ1v) is 19.5. The van der Waals surface area contributed by atoms with Crippen LogP contribution in [0.25, 0.3) is 0 Å². The van der Waals surface area contributed by atoms with Gasteiger partial charge in [0.2, 0.25) is 0 Å². The van der Waals surface area contributed by atoms with Gasteiger partial charge >= 0.3 is 5.97 Å². The predicted octanol–water partition coefficient (Wildman–Crippen LogP) is 7.74. The number of carbonyl (C=O) groups excluding carboxylic acids is 1. The fraction of sp³-hybridized carbons (Fsp3) is 0.815. The first-order valence-electron chi connectivity index (χ1n) is 13.2. The summed E-state index contributed by atoms with van der Waals surface area (Å²) < 4.78 is 17.7. The molecule has 0 spiro atoms. The third-order valence-electron chi connectivity index (χ3n) is 6.12. The van der Waals surface area contributed by atoms with Gasteiger partial charge in [-0.3, -0.25) is 4.79 Å². The Labute approximate surface area is 206 Å². The van der Waals surface area contributed by atoms with E-state index in [-0.39, 0.29) is 17.5 Å². The monoisotopic (exact) mass is 496 g/mol. The molecule has 2 atom stereocenters. The molecule has 0 radical (unpaired) electrons. The Hall–Kier alpha value is -0.856. The highest BCUT2D eigenvalue weighted by Gasteiger charge is 2.26. The molecule has 0 fully saturated rings. The molecule has 1 aromatic rings. The van der Waals surface area contributed by atoms with Crippen LogP contribution in [0.4, 0.5) is 0 Å². The van der Waals surface area contributed by atoms with E-state index < -0.39 is 17.1 Å². The maximum Gasteiger partial charge on any atom is 0.303 e. The Balaban J connectivity index is 2.24. The van der Waals surface area contributed by atoms with Gasteiger partial charge in [0.05, 0.1) is 11.6 Å². The number of ether oxygens (including phenoxy) is 1. The lowest BCUT2D eigenvalue weighted by atomic mass is 9.86. The van der Waals surface area contributed by atoms with E-state index in [2.05, 4.69) is 59.6 Å². The first-order chi connectivity index (χ1) is 15.3. The lowest BCUT2D eigenvalue weighted by molar-refractivity contribution is -0.147. The van der Waals surface area contributed by atoms with Crippen molar-refractivity contribution in [2.24, 2.45) is 5.41 Å². The fourth-order valence-electron chi connectivity index (χ4n) is 4.16. The molecule has 0 saturated carbocycles. The summed E-state index contributed by atoms with van der Waals surface area (Å²) in [5, 5.41) is 1.07. The number of hydrogen-bond acceptors (Lipinski definition) is 4. The molecule has 33 heavy (non-hydrogen) atoms. The SMILES string of the molecule is CC(=O)OC(CCCCCCCCCCC(O[SiH](C)C)C(C)(C)C)c1coc([Si](C)(C)C)c1. The lowest BCUT2D eigenvalue weighted by Crippen LogP contribution is -2.36. The van der Waals surface area contributed by atoms with Crippen LogP contribution >= 0.6 is 0 Å². The van der Waals surface area contributed by atoms with Crippen molar-refractivity contribution in [3.05, 3.63) is 17.9 Å². The molecule has 0 amide bonds. The summed E-state index contributed by atoms with van der Waals surface area (Å²) in [6.07, 6.45) is 14.1. The van der Waals surface area contributed by atoms with Crippen molar-refractivity contribution in [1.29, 1.82) is 0 Å². The number of unbranched alkanes of at least 4 members (excludes halogenated alkanes) is 7. The van der Waals surface area contributed by atoms with Crippen LogP contribution < -0.4 is 5.38 Å². The van der Waals surface area contributed by atoms with Gasteiger partial charge in [0.25, 0.3) is 0 Å². The van der Waals surface area contributed by atoms with Crippen molar-refractivity contribution >= 4 is 28.5 Å². The molecule has 6 heteroatoms. The maximum absolute atomic E-state index is 11.6. The number of rotatable bonds is 16. The highest BCUT2D eigenvalue weighted by atomic mass is 28.3. The zero-order chi connectivity index (χ0) is 25.1. The molecule has 1 aromatic heterocycles. The van der Waals surface area contributed by atoms with E-state index in [0.717, 1.165) is 23.8 Å². The maximum atomic E-state index is 11.6. The molecule has 1 heterocycles. The normalized spacial score (nSPS) is 14.5. The van der Waals surface area contributed by atoms with E-state index in [1.807, 2.05) is 0 Å². The van der Waals surface area contributed by atoms with E-state index >= 15 is 0 Å². The summed E-state index contributed by atoms with van der Waals surface area (Å²) >= 11 is 0. The minimum atomic E-state index is -1.50. The van der Waals surface area contributed by atoms with Crippen LogP contribution in [0.15, 0.2) is 16.7 Å². The average Bonchev–Trinajstić information content (AvgIpc) is 3.16. The van der Waals surface area contributed by atoms with E-state index in [4.69, 9.17) is 13.6 Å². The Morgan fingerprint density at radius 1 is 0.970 bits per heavy atom. The van der Waals surface area contributed by atoms with Crippen molar-refractivity contribution in [2.75, 3.05) is 0 Å². The van der Waals surface area contributed by atoms with Gasteiger partial charge in [-0.05, 0) is 43.8 Å². The van der Waals surface area contributed by atoms with Crippen LogP contribution in [0.3, 0.4) is 0 Å². The first kappa shape index (κ1) is 30.2. The van der Waals surface area contributed by atoms with Gasteiger partial charge < -0.3 is 13.6 Å². The van der Waals surface area contributed by atoms with Gasteiger partial charge in [-0.25, -0.2) is 0 Å². The van der Waals surface area contributed by atoms with Crippen molar-refractivity contribution in [1.82, 2.24) is 0 Å². The average molecular weight is 497 g/mol. The molecule has 4 nitrogen and oxygen atoms in total. The van der Waals surface area contributed by atoms with Gasteiger partial charge in [-0.1, -0.05) is 85.4 Å². The van der Waals surface area contributed by atoms with Crippen LogP contribution in [0.2, 0.25) is 32.7 Å². The Morgan fingerprint density at radius 3 is 1.91 bits per heavy atom. The minimum Gasteiger partial charge on any atom is -0.474 e. The van der Waals surface area contributed by atoms with E-state index in [1.165, 1.54) is 58.3 Å². The molecule has 0 aliphatic rings. The quantitative estimate of drug-likeness (QED) is 0.133. The molecule has 1 rings (SSSR count). The summed E-state index contributed by atoms with van der Waals surface area (Å²) in [6.45, 7) is 19.7. The van der Waals surface area contributed by atoms with E-state index in [1.54, 1.807) is 6.26 Å². The molecule has 2 unspecified atom stereocenters. The summed E-state index contributed by atoms with van der Waals surface area (Å²) in [5.74, 6) is -0.217. The molecular formula is C27H52O4Si2. The molecule has 0 saturated heterocycles. The van der Waals surface area contributed by atoms with Gasteiger partial charge in [-0.2, -0.15) is 0 Å². The van der Waals surface area contributed by atoms with Crippen LogP contribution in [0.5, 0.6) is 0 Å². The van der Waals surface area contributed by atoms with Crippen LogP contribution in [-0.4, -0.2) is 29.2 Å². The fourth-order valence-corrected chi connectivity index (χ4v) is 6.37. The number of carbonyl (C=O) groups is 1. The summed E-state index contributed by atoms with van der Waals surface area (Å²) in [5.41, 5.74) is 1.26. The lowest BCUT2D eigenvalue weighted by Gasteiger charge is -2.32. The molecule has 0 aliphatic heterocycles. The summed E-state index contributed by atoms with van der Waals surface area (Å²) in [7, 11) is -2.48. The third kappa shape index (κ3) is 13.0. The number of hydrogen-bond donors (Lipinski definition) is 0. The van der Waals surface area contributed by atoms with Crippen LogP contribution in [-0.2, 0) is 14.0 Å². The Morgan fingerprint density at radius 2 is 1.48 bits per heavy atom. The largest absolute Gasteiger partial charge is 0.474 e. The topological polar surface area (TPSA) is 48.7 Å². The number of esters is 1. The van der Waals surface area contributed by atoms with Crippen LogP contribution in [0, 0.1) is 5.41 Å². The van der Waals surface area contributed by atoms with Gasteiger partial charge in [0, 0.05) is 18.6 Å². The Bertz CT molecular complexity index is 670. The highest BCUT2D eigenvalue weighted by Crippen LogP contribution is 2.28. The third-order valence-corrected chi connectivity index (χ3v) is 8.74. The van der Waals surface area contributed by atoms with Crippen molar-refractivity contribution < 1.29 is 18.4 Å². The number of furan rings is 1. The molecular weight excluding hydrogens is 444 g/mol. The smallest absolute Gasteiger partial charge is 0.303 e. The molecule has 0 N–H and O–H groups in total. The molecule has 0 aromatic carbocycles. The highest BCUT2D eigenvalue weighted by molar-refractivity contribution is 6.87. The van der Waals surface area contributed by atoms with Gasteiger partial charge in [0.15, 0.2) is 9.04 Å². The van der Waals surface area contributed by atoms with Crippen molar-refractivity contribution in [2.45, 2.75) is 137 Å². The van der Waals surface area contributed by atoms with E-state index in [9.17, 15) is 4.79 Å².